The molecule has 1 amide bonds. The van der Waals surface area contributed by atoms with Crippen molar-refractivity contribution < 1.29 is 9.72 Å². The number of halogens is 2. The summed E-state index contributed by atoms with van der Waals surface area (Å²) in [5.41, 5.74) is 1.75. The van der Waals surface area contributed by atoms with Crippen LogP contribution in [0.1, 0.15) is 11.1 Å². The van der Waals surface area contributed by atoms with E-state index in [0.717, 1.165) is 14.5 Å². The molecule has 30 heavy (non-hydrogen) atoms. The summed E-state index contributed by atoms with van der Waals surface area (Å²) in [6.07, 6.45) is 1.46. The van der Waals surface area contributed by atoms with Crippen molar-refractivity contribution in [3.8, 4) is 0 Å². The van der Waals surface area contributed by atoms with Crippen LogP contribution in [0.4, 0.5) is 11.4 Å². The Hall–Kier alpha value is -3.10. The lowest BCUT2D eigenvalue weighted by atomic mass is 10.1. The molecule has 8 heteroatoms. The van der Waals surface area contributed by atoms with Crippen LogP contribution in [-0.4, -0.2) is 16.7 Å². The third kappa shape index (κ3) is 3.96. The number of nitro groups is 1. The van der Waals surface area contributed by atoms with Gasteiger partial charge in [-0.3, -0.25) is 19.8 Å². The van der Waals surface area contributed by atoms with E-state index in [1.807, 2.05) is 48.5 Å². The SMILES string of the molecule is O=C1/C(=C\c2ccccc2[N+](=O)[O-])N=C(c2ccc(Br)cc2)N1c1cccc(Br)c1. The van der Waals surface area contributed by atoms with Gasteiger partial charge in [0, 0.05) is 20.6 Å². The summed E-state index contributed by atoms with van der Waals surface area (Å²) in [4.78, 5) is 30.2. The first kappa shape index (κ1) is 20.2. The molecule has 3 aromatic rings. The molecule has 0 radical (unpaired) electrons. The number of amidine groups is 1. The molecule has 1 aliphatic heterocycles. The Labute approximate surface area is 189 Å². The highest BCUT2D eigenvalue weighted by molar-refractivity contribution is 9.10. The highest BCUT2D eigenvalue weighted by Gasteiger charge is 2.33. The van der Waals surface area contributed by atoms with Crippen molar-refractivity contribution in [3.05, 3.63) is 109 Å². The molecule has 0 aromatic heterocycles. The summed E-state index contributed by atoms with van der Waals surface area (Å²) in [6.45, 7) is 0. The first-order valence-electron chi connectivity index (χ1n) is 8.84. The number of hydrogen-bond acceptors (Lipinski definition) is 4. The minimum atomic E-state index is -0.475. The zero-order valence-electron chi connectivity index (χ0n) is 15.3. The van der Waals surface area contributed by atoms with Gasteiger partial charge in [-0.2, -0.15) is 0 Å². The molecule has 0 spiro atoms. The van der Waals surface area contributed by atoms with Crippen LogP contribution in [0.5, 0.6) is 0 Å². The second-order valence-electron chi connectivity index (χ2n) is 6.41. The molecule has 0 N–H and O–H groups in total. The van der Waals surface area contributed by atoms with E-state index in [2.05, 4.69) is 36.9 Å². The van der Waals surface area contributed by atoms with Crippen molar-refractivity contribution in [1.82, 2.24) is 0 Å². The first-order valence-corrected chi connectivity index (χ1v) is 10.4. The fourth-order valence-corrected chi connectivity index (χ4v) is 3.74. The van der Waals surface area contributed by atoms with E-state index in [9.17, 15) is 14.9 Å². The van der Waals surface area contributed by atoms with E-state index in [1.165, 1.54) is 17.0 Å². The number of anilines is 1. The van der Waals surface area contributed by atoms with Gasteiger partial charge in [0.05, 0.1) is 16.2 Å². The number of amides is 1. The standard InChI is InChI=1S/C22H13Br2N3O3/c23-16-10-8-14(9-11-16)21-25-19(12-15-4-1-2-7-20(15)27(29)30)22(28)26(21)18-6-3-5-17(24)13-18/h1-13H/b19-12+. The van der Waals surface area contributed by atoms with E-state index in [1.54, 1.807) is 18.2 Å². The van der Waals surface area contributed by atoms with Crippen molar-refractivity contribution in [2.45, 2.75) is 0 Å². The van der Waals surface area contributed by atoms with Gasteiger partial charge in [0.1, 0.15) is 11.5 Å². The zero-order chi connectivity index (χ0) is 21.3. The third-order valence-electron chi connectivity index (χ3n) is 4.45. The number of benzene rings is 3. The molecule has 0 saturated carbocycles. The van der Waals surface area contributed by atoms with Gasteiger partial charge in [0.25, 0.3) is 11.6 Å². The third-order valence-corrected chi connectivity index (χ3v) is 5.48. The number of nitrogens with zero attached hydrogens (tertiary/aromatic N) is 3. The van der Waals surface area contributed by atoms with Crippen LogP contribution in [0.2, 0.25) is 0 Å². The monoisotopic (exact) mass is 525 g/mol. The molecule has 6 nitrogen and oxygen atoms in total. The molecule has 0 fully saturated rings. The van der Waals surface area contributed by atoms with E-state index in [4.69, 9.17) is 0 Å². The fraction of sp³-hybridized carbons (Fsp3) is 0. The summed E-state index contributed by atoms with van der Waals surface area (Å²) < 4.78 is 1.72. The van der Waals surface area contributed by atoms with Crippen molar-refractivity contribution >= 4 is 61.1 Å². The largest absolute Gasteiger partial charge is 0.282 e. The average Bonchev–Trinajstić information content (AvgIpc) is 3.05. The Morgan fingerprint density at radius 2 is 1.67 bits per heavy atom. The highest BCUT2D eigenvalue weighted by Crippen LogP contribution is 2.31. The quantitative estimate of drug-likeness (QED) is 0.239. The van der Waals surface area contributed by atoms with Gasteiger partial charge in [-0.25, -0.2) is 4.99 Å². The summed E-state index contributed by atoms with van der Waals surface area (Å²) >= 11 is 6.85. The summed E-state index contributed by atoms with van der Waals surface area (Å²) in [5, 5.41) is 11.4. The van der Waals surface area contributed by atoms with Crippen LogP contribution in [-0.2, 0) is 4.79 Å². The zero-order valence-corrected chi connectivity index (χ0v) is 18.5. The van der Waals surface area contributed by atoms with Crippen molar-refractivity contribution in [2.24, 2.45) is 4.99 Å². The van der Waals surface area contributed by atoms with Gasteiger partial charge in [-0.15, -0.1) is 0 Å². The molecular formula is C22H13Br2N3O3. The average molecular weight is 527 g/mol. The molecule has 0 bridgehead atoms. The van der Waals surface area contributed by atoms with Crippen molar-refractivity contribution in [1.29, 1.82) is 0 Å². The van der Waals surface area contributed by atoms with Gasteiger partial charge in [-0.1, -0.05) is 62.2 Å². The smallest absolute Gasteiger partial charge is 0.266 e. The summed E-state index contributed by atoms with van der Waals surface area (Å²) in [7, 11) is 0. The van der Waals surface area contributed by atoms with Crippen LogP contribution < -0.4 is 4.90 Å². The Balaban J connectivity index is 1.86. The van der Waals surface area contributed by atoms with Gasteiger partial charge < -0.3 is 0 Å². The molecule has 3 aromatic carbocycles. The molecule has 0 unspecified atom stereocenters. The minimum Gasteiger partial charge on any atom is -0.266 e. The number of para-hydroxylation sites is 1. The van der Waals surface area contributed by atoms with Crippen LogP contribution in [0, 0.1) is 10.1 Å². The summed E-state index contributed by atoms with van der Waals surface area (Å²) in [5.74, 6) is 0.0969. The van der Waals surface area contributed by atoms with Crippen LogP contribution in [0.3, 0.4) is 0 Å². The highest BCUT2D eigenvalue weighted by atomic mass is 79.9. The molecule has 4 rings (SSSR count). The lowest BCUT2D eigenvalue weighted by Crippen LogP contribution is -2.32. The van der Waals surface area contributed by atoms with Gasteiger partial charge in [-0.05, 0) is 42.5 Å². The molecule has 148 valence electrons. The van der Waals surface area contributed by atoms with E-state index >= 15 is 0 Å². The summed E-state index contributed by atoms with van der Waals surface area (Å²) in [6, 6.07) is 21.0. The normalized spacial score (nSPS) is 14.9. The maximum atomic E-state index is 13.3. The number of nitro benzene ring substituents is 1. The lowest BCUT2D eigenvalue weighted by molar-refractivity contribution is -0.385. The second kappa shape index (κ2) is 8.33. The van der Waals surface area contributed by atoms with Crippen molar-refractivity contribution in [3.63, 3.8) is 0 Å². The van der Waals surface area contributed by atoms with E-state index < -0.39 is 4.92 Å². The Kier molecular flexibility index (Phi) is 5.61. The van der Waals surface area contributed by atoms with Crippen LogP contribution in [0.15, 0.2) is 92.4 Å². The maximum absolute atomic E-state index is 13.3. The predicted molar refractivity (Wildman–Crippen MR) is 123 cm³/mol. The molecule has 1 heterocycles. The second-order valence-corrected chi connectivity index (χ2v) is 8.24. The van der Waals surface area contributed by atoms with Gasteiger partial charge in [0.15, 0.2) is 0 Å². The number of carbonyl (C=O) groups excluding carboxylic acids is 1. The van der Waals surface area contributed by atoms with E-state index in [-0.39, 0.29) is 17.3 Å². The van der Waals surface area contributed by atoms with Crippen LogP contribution >= 0.6 is 31.9 Å². The van der Waals surface area contributed by atoms with Crippen molar-refractivity contribution in [2.75, 3.05) is 4.90 Å². The van der Waals surface area contributed by atoms with E-state index in [0.29, 0.717) is 17.1 Å². The number of rotatable bonds is 4. The topological polar surface area (TPSA) is 75.8 Å². The number of hydrogen-bond donors (Lipinski definition) is 0. The first-order chi connectivity index (χ1) is 14.4. The number of aliphatic imine (C=N–C) groups is 1. The molecule has 0 saturated heterocycles. The minimum absolute atomic E-state index is 0.0842. The molecule has 0 aliphatic carbocycles. The lowest BCUT2D eigenvalue weighted by Gasteiger charge is -2.19. The Bertz CT molecular complexity index is 1220. The molecule has 1 aliphatic rings. The van der Waals surface area contributed by atoms with Gasteiger partial charge in [0.2, 0.25) is 0 Å². The Morgan fingerprint density at radius 1 is 0.933 bits per heavy atom. The maximum Gasteiger partial charge on any atom is 0.282 e. The number of carbonyl (C=O) groups is 1. The van der Waals surface area contributed by atoms with Crippen LogP contribution in [0.25, 0.3) is 6.08 Å². The predicted octanol–water partition coefficient (Wildman–Crippen LogP) is 5.95. The molecule has 0 atom stereocenters. The van der Waals surface area contributed by atoms with Gasteiger partial charge >= 0.3 is 0 Å². The fourth-order valence-electron chi connectivity index (χ4n) is 3.09. The Morgan fingerprint density at radius 3 is 2.37 bits per heavy atom. The molecular weight excluding hydrogens is 514 g/mol.